The van der Waals surface area contributed by atoms with Crippen molar-refractivity contribution in [3.63, 3.8) is 0 Å². The highest BCUT2D eigenvalue weighted by molar-refractivity contribution is 5.34. The molecule has 0 saturated heterocycles. The minimum Gasteiger partial charge on any atom is -0.281 e. The molecule has 0 bridgehead atoms. The van der Waals surface area contributed by atoms with E-state index in [0.29, 0.717) is 0 Å². The molecule has 1 heterocycles. The maximum Gasteiger partial charge on any atom is 0.435 e. The first-order chi connectivity index (χ1) is 6.30. The lowest BCUT2D eigenvalue weighted by Gasteiger charge is -2.07. The lowest BCUT2D eigenvalue weighted by atomic mass is 10.2. The number of fused-ring (bicyclic) bond motifs is 1. The number of aromatic amines is 1. The van der Waals surface area contributed by atoms with Crippen molar-refractivity contribution in [1.29, 1.82) is 0 Å². The normalized spacial score (nSPS) is 19.8. The zero-order chi connectivity index (χ0) is 10.6. The SMILES string of the molecule is FC1(F)Cc2[nH]nc(C(F)(F)F)c2C1. The highest BCUT2D eigenvalue weighted by Gasteiger charge is 2.46. The second kappa shape index (κ2) is 2.46. The van der Waals surface area contributed by atoms with E-state index in [1.54, 1.807) is 0 Å². The Bertz CT molecular complexity index is 365. The van der Waals surface area contributed by atoms with Gasteiger partial charge in [-0.3, -0.25) is 5.10 Å². The highest BCUT2D eigenvalue weighted by Crippen LogP contribution is 2.40. The van der Waals surface area contributed by atoms with E-state index in [1.807, 2.05) is 5.10 Å². The number of H-pyrrole nitrogens is 1. The molecule has 1 aliphatic carbocycles. The van der Waals surface area contributed by atoms with E-state index >= 15 is 0 Å². The number of alkyl halides is 5. The van der Waals surface area contributed by atoms with Gasteiger partial charge in [-0.1, -0.05) is 0 Å². The second-order valence-electron chi connectivity index (χ2n) is 3.24. The van der Waals surface area contributed by atoms with Crippen molar-refractivity contribution >= 4 is 0 Å². The first kappa shape index (κ1) is 9.42. The third-order valence-corrected chi connectivity index (χ3v) is 2.09. The number of nitrogens with one attached hydrogen (secondary N) is 1. The third kappa shape index (κ3) is 1.36. The molecule has 0 radical (unpaired) electrons. The van der Waals surface area contributed by atoms with Crippen LogP contribution in [0.1, 0.15) is 17.0 Å². The van der Waals surface area contributed by atoms with Gasteiger partial charge in [-0.05, 0) is 0 Å². The largest absolute Gasteiger partial charge is 0.435 e. The summed E-state index contributed by atoms with van der Waals surface area (Å²) >= 11 is 0. The van der Waals surface area contributed by atoms with E-state index < -0.39 is 36.2 Å². The summed E-state index contributed by atoms with van der Waals surface area (Å²) in [5, 5.41) is 4.99. The molecule has 0 spiro atoms. The van der Waals surface area contributed by atoms with Gasteiger partial charge in [-0.15, -0.1) is 0 Å². The van der Waals surface area contributed by atoms with Gasteiger partial charge in [-0.2, -0.15) is 18.3 Å². The molecule has 0 unspecified atom stereocenters. The molecular formula is C7H5F5N2. The topological polar surface area (TPSA) is 28.7 Å². The van der Waals surface area contributed by atoms with Crippen LogP contribution in [0.5, 0.6) is 0 Å². The fourth-order valence-corrected chi connectivity index (χ4v) is 1.55. The van der Waals surface area contributed by atoms with Crippen LogP contribution in [0.25, 0.3) is 0 Å². The summed E-state index contributed by atoms with van der Waals surface area (Å²) in [5.74, 6) is -3.08. The second-order valence-corrected chi connectivity index (χ2v) is 3.24. The van der Waals surface area contributed by atoms with Crippen LogP contribution in [0.2, 0.25) is 0 Å². The summed E-state index contributed by atoms with van der Waals surface area (Å²) in [5.41, 5.74) is -1.73. The van der Waals surface area contributed by atoms with Gasteiger partial charge in [0.1, 0.15) is 0 Å². The number of nitrogens with zero attached hydrogens (tertiary/aromatic N) is 1. The van der Waals surface area contributed by atoms with E-state index in [4.69, 9.17) is 0 Å². The molecule has 1 aliphatic rings. The lowest BCUT2D eigenvalue weighted by Crippen LogP contribution is -2.17. The molecule has 0 atom stereocenters. The summed E-state index contributed by atoms with van der Waals surface area (Å²) in [6, 6.07) is 0. The van der Waals surface area contributed by atoms with Crippen LogP contribution in [0.3, 0.4) is 0 Å². The van der Waals surface area contributed by atoms with Gasteiger partial charge in [0, 0.05) is 17.7 Å². The first-order valence-corrected chi connectivity index (χ1v) is 3.81. The van der Waals surface area contributed by atoms with Crippen molar-refractivity contribution in [2.45, 2.75) is 24.9 Å². The average Bonchev–Trinajstić information content (AvgIpc) is 2.38. The summed E-state index contributed by atoms with van der Waals surface area (Å²) in [6.07, 6.45) is -6.23. The summed E-state index contributed by atoms with van der Waals surface area (Å²) < 4.78 is 62.0. The van der Waals surface area contributed by atoms with Gasteiger partial charge >= 0.3 is 6.18 Å². The molecular weight excluding hydrogens is 207 g/mol. The minimum absolute atomic E-state index is 0.109. The highest BCUT2D eigenvalue weighted by atomic mass is 19.4. The molecule has 1 aromatic rings. The van der Waals surface area contributed by atoms with Gasteiger partial charge in [-0.25, -0.2) is 8.78 Å². The lowest BCUT2D eigenvalue weighted by molar-refractivity contribution is -0.142. The van der Waals surface area contributed by atoms with Crippen LogP contribution < -0.4 is 0 Å². The quantitative estimate of drug-likeness (QED) is 0.656. The Morgan fingerprint density at radius 3 is 2.43 bits per heavy atom. The molecule has 1 N–H and O–H groups in total. The van der Waals surface area contributed by atoms with Gasteiger partial charge in [0.05, 0.1) is 6.42 Å². The molecule has 0 amide bonds. The third-order valence-electron chi connectivity index (χ3n) is 2.09. The van der Waals surface area contributed by atoms with E-state index in [2.05, 4.69) is 5.10 Å². The van der Waals surface area contributed by atoms with Crippen LogP contribution in [-0.2, 0) is 19.0 Å². The van der Waals surface area contributed by atoms with Crippen molar-refractivity contribution in [2.75, 3.05) is 0 Å². The van der Waals surface area contributed by atoms with E-state index in [0.717, 1.165) is 0 Å². The zero-order valence-corrected chi connectivity index (χ0v) is 6.75. The summed E-state index contributed by atoms with van der Waals surface area (Å²) in [6.45, 7) is 0. The number of rotatable bonds is 0. The number of hydrogen-bond donors (Lipinski definition) is 1. The smallest absolute Gasteiger partial charge is 0.281 e. The van der Waals surface area contributed by atoms with Gasteiger partial charge < -0.3 is 0 Å². The fraction of sp³-hybridized carbons (Fsp3) is 0.571. The van der Waals surface area contributed by atoms with E-state index in [9.17, 15) is 22.0 Å². The Morgan fingerprint density at radius 1 is 1.21 bits per heavy atom. The van der Waals surface area contributed by atoms with Gasteiger partial charge in [0.15, 0.2) is 5.69 Å². The molecule has 7 heteroatoms. The van der Waals surface area contributed by atoms with Gasteiger partial charge in [0.25, 0.3) is 5.92 Å². The van der Waals surface area contributed by atoms with Crippen LogP contribution >= 0.6 is 0 Å². The number of hydrogen-bond acceptors (Lipinski definition) is 1. The molecule has 1 aromatic heterocycles. The van der Waals surface area contributed by atoms with Crippen molar-refractivity contribution < 1.29 is 22.0 Å². The maximum atomic E-state index is 12.7. The van der Waals surface area contributed by atoms with Crippen molar-refractivity contribution in [1.82, 2.24) is 10.2 Å². The molecule has 0 saturated carbocycles. The fourth-order valence-electron chi connectivity index (χ4n) is 1.55. The molecule has 0 aliphatic heterocycles. The minimum atomic E-state index is -4.66. The number of aromatic nitrogens is 2. The predicted molar refractivity (Wildman–Crippen MR) is 35.9 cm³/mol. The van der Waals surface area contributed by atoms with E-state index in [-0.39, 0.29) is 5.69 Å². The predicted octanol–water partition coefficient (Wildman–Crippen LogP) is 2.16. The van der Waals surface area contributed by atoms with Crippen LogP contribution in [0.4, 0.5) is 22.0 Å². The zero-order valence-electron chi connectivity index (χ0n) is 6.75. The monoisotopic (exact) mass is 212 g/mol. The molecule has 2 rings (SSSR count). The van der Waals surface area contributed by atoms with Gasteiger partial charge in [0.2, 0.25) is 0 Å². The Balaban J connectivity index is 2.42. The van der Waals surface area contributed by atoms with E-state index in [1.165, 1.54) is 0 Å². The molecule has 2 nitrogen and oxygen atoms in total. The van der Waals surface area contributed by atoms with Crippen molar-refractivity contribution in [3.05, 3.63) is 17.0 Å². The Hall–Kier alpha value is -1.14. The summed E-state index contributed by atoms with van der Waals surface area (Å²) in [7, 11) is 0. The Kier molecular flexibility index (Phi) is 1.65. The standard InChI is InChI=1S/C7H5F5N2/c8-6(9)1-3-4(2-6)13-14-5(3)7(10,11)12/h1-2H2,(H,13,14). The molecule has 0 aromatic carbocycles. The molecule has 0 fully saturated rings. The average molecular weight is 212 g/mol. The first-order valence-electron chi connectivity index (χ1n) is 3.81. The Labute approximate surface area is 75.1 Å². The van der Waals surface area contributed by atoms with Crippen LogP contribution in [0.15, 0.2) is 0 Å². The Morgan fingerprint density at radius 2 is 1.86 bits per heavy atom. The van der Waals surface area contributed by atoms with Crippen molar-refractivity contribution in [3.8, 4) is 0 Å². The van der Waals surface area contributed by atoms with Crippen LogP contribution in [-0.4, -0.2) is 16.1 Å². The molecule has 14 heavy (non-hydrogen) atoms. The van der Waals surface area contributed by atoms with Crippen LogP contribution in [0, 0.1) is 0 Å². The maximum absolute atomic E-state index is 12.7. The number of halogens is 5. The molecule has 78 valence electrons. The van der Waals surface area contributed by atoms with Crippen molar-refractivity contribution in [2.24, 2.45) is 0 Å². The summed E-state index contributed by atoms with van der Waals surface area (Å²) in [4.78, 5) is 0.